The zero-order chi connectivity index (χ0) is 13.8. The van der Waals surface area contributed by atoms with Gasteiger partial charge in [0, 0.05) is 37.1 Å². The van der Waals surface area contributed by atoms with Crippen molar-refractivity contribution < 1.29 is 4.79 Å². The topological polar surface area (TPSA) is 54.0 Å². The van der Waals surface area contributed by atoms with E-state index in [0.717, 1.165) is 24.9 Å². The zero-order valence-electron chi connectivity index (χ0n) is 11.4. The number of para-hydroxylation sites is 1. The van der Waals surface area contributed by atoms with Gasteiger partial charge in [0.05, 0.1) is 5.52 Å². The molecule has 0 spiro atoms. The molecular weight excluding hydrogens is 250 g/mol. The molecule has 0 aliphatic heterocycles. The molecule has 1 aliphatic rings. The molecule has 1 heterocycles. The van der Waals surface area contributed by atoms with E-state index in [1.807, 2.05) is 30.5 Å². The lowest BCUT2D eigenvalue weighted by atomic mass is 10.1. The first-order chi connectivity index (χ1) is 9.83. The Bertz CT molecular complexity index is 602. The summed E-state index contributed by atoms with van der Waals surface area (Å²) < 4.78 is 0. The van der Waals surface area contributed by atoms with E-state index in [4.69, 9.17) is 0 Å². The molecule has 4 nitrogen and oxygen atoms in total. The highest BCUT2D eigenvalue weighted by molar-refractivity contribution is 5.81. The van der Waals surface area contributed by atoms with Gasteiger partial charge in [-0.25, -0.2) is 0 Å². The van der Waals surface area contributed by atoms with Gasteiger partial charge in [-0.1, -0.05) is 18.2 Å². The minimum absolute atomic E-state index is 0.152. The first-order valence-electron chi connectivity index (χ1n) is 7.15. The van der Waals surface area contributed by atoms with Crippen LogP contribution >= 0.6 is 0 Å². The fraction of sp³-hybridized carbons (Fsp3) is 0.375. The maximum atomic E-state index is 11.6. The van der Waals surface area contributed by atoms with Crippen molar-refractivity contribution in [3.05, 3.63) is 42.1 Å². The molecule has 1 amide bonds. The van der Waals surface area contributed by atoms with E-state index in [-0.39, 0.29) is 5.91 Å². The lowest BCUT2D eigenvalue weighted by Gasteiger charge is -2.08. The number of carbonyl (C=O) groups is 1. The second kappa shape index (κ2) is 6.01. The van der Waals surface area contributed by atoms with Crippen LogP contribution in [0.5, 0.6) is 0 Å². The number of carbonyl (C=O) groups excluding carboxylic acids is 1. The van der Waals surface area contributed by atoms with Crippen molar-refractivity contribution in [3.8, 4) is 0 Å². The lowest BCUT2D eigenvalue weighted by molar-refractivity contribution is -0.121. The third-order valence-corrected chi connectivity index (χ3v) is 3.53. The summed E-state index contributed by atoms with van der Waals surface area (Å²) in [4.78, 5) is 15.9. The predicted molar refractivity (Wildman–Crippen MR) is 79.2 cm³/mol. The van der Waals surface area contributed by atoms with Crippen LogP contribution < -0.4 is 10.6 Å². The summed E-state index contributed by atoms with van der Waals surface area (Å²) in [6, 6.07) is 10.6. The van der Waals surface area contributed by atoms with Crippen LogP contribution in [-0.2, 0) is 11.3 Å². The van der Waals surface area contributed by atoms with Crippen LogP contribution in [0.3, 0.4) is 0 Å². The van der Waals surface area contributed by atoms with Crippen molar-refractivity contribution in [3.63, 3.8) is 0 Å². The van der Waals surface area contributed by atoms with Gasteiger partial charge in [0.2, 0.25) is 5.91 Å². The molecular formula is C16H19N3O. The van der Waals surface area contributed by atoms with Crippen LogP contribution in [0.25, 0.3) is 10.9 Å². The third-order valence-electron chi connectivity index (χ3n) is 3.53. The maximum Gasteiger partial charge on any atom is 0.221 e. The number of rotatable bonds is 6. The fourth-order valence-corrected chi connectivity index (χ4v) is 2.26. The van der Waals surface area contributed by atoms with E-state index in [9.17, 15) is 4.79 Å². The normalized spacial score (nSPS) is 14.4. The predicted octanol–water partition coefficient (Wildman–Crippen LogP) is 1.99. The number of pyridine rings is 1. The Kier molecular flexibility index (Phi) is 3.92. The summed E-state index contributed by atoms with van der Waals surface area (Å²) in [5, 5.41) is 7.49. The molecule has 3 rings (SSSR count). The van der Waals surface area contributed by atoms with Gasteiger partial charge < -0.3 is 10.6 Å². The second-order valence-electron chi connectivity index (χ2n) is 5.26. The van der Waals surface area contributed by atoms with Crippen LogP contribution in [0, 0.1) is 0 Å². The van der Waals surface area contributed by atoms with Gasteiger partial charge in [0.25, 0.3) is 0 Å². The van der Waals surface area contributed by atoms with Crippen LogP contribution in [0.1, 0.15) is 24.8 Å². The summed E-state index contributed by atoms with van der Waals surface area (Å²) in [6.07, 6.45) is 4.66. The number of amides is 1. The Labute approximate surface area is 118 Å². The van der Waals surface area contributed by atoms with Crippen LogP contribution in [0.2, 0.25) is 0 Å². The summed E-state index contributed by atoms with van der Waals surface area (Å²) in [6.45, 7) is 1.47. The minimum atomic E-state index is 0.152. The molecule has 2 aromatic rings. The quantitative estimate of drug-likeness (QED) is 0.789. The van der Waals surface area contributed by atoms with Crippen molar-refractivity contribution in [1.82, 2.24) is 15.6 Å². The molecule has 1 aromatic carbocycles. The Hall–Kier alpha value is -1.94. The second-order valence-corrected chi connectivity index (χ2v) is 5.26. The number of nitrogens with one attached hydrogen (secondary N) is 2. The number of nitrogens with zero attached hydrogens (tertiary/aromatic N) is 1. The maximum absolute atomic E-state index is 11.6. The molecule has 1 saturated carbocycles. The van der Waals surface area contributed by atoms with Gasteiger partial charge in [0.1, 0.15) is 0 Å². The smallest absolute Gasteiger partial charge is 0.221 e. The van der Waals surface area contributed by atoms with E-state index in [2.05, 4.69) is 21.7 Å². The molecule has 4 heteroatoms. The van der Waals surface area contributed by atoms with Crippen molar-refractivity contribution in [1.29, 1.82) is 0 Å². The fourth-order valence-electron chi connectivity index (χ4n) is 2.26. The monoisotopic (exact) mass is 269 g/mol. The van der Waals surface area contributed by atoms with Gasteiger partial charge >= 0.3 is 0 Å². The standard InChI is InChI=1S/C16H19N3O/c20-16(19-13-5-6-13)8-9-17-11-12-7-10-18-15-4-2-1-3-14(12)15/h1-4,7,10,13,17H,5-6,8-9,11H2,(H,19,20). The zero-order valence-corrected chi connectivity index (χ0v) is 11.4. The van der Waals surface area contributed by atoms with Crippen LogP contribution in [0.15, 0.2) is 36.5 Å². The molecule has 2 N–H and O–H groups in total. The number of fused-ring (bicyclic) bond motifs is 1. The number of hydrogen-bond acceptors (Lipinski definition) is 3. The average molecular weight is 269 g/mol. The van der Waals surface area contributed by atoms with E-state index < -0.39 is 0 Å². The third kappa shape index (κ3) is 3.33. The first-order valence-corrected chi connectivity index (χ1v) is 7.15. The molecule has 0 saturated heterocycles. The highest BCUT2D eigenvalue weighted by atomic mass is 16.1. The first kappa shape index (κ1) is 13.1. The van der Waals surface area contributed by atoms with Gasteiger partial charge in [-0.2, -0.15) is 0 Å². The minimum Gasteiger partial charge on any atom is -0.353 e. The number of benzene rings is 1. The van der Waals surface area contributed by atoms with E-state index >= 15 is 0 Å². The number of hydrogen-bond donors (Lipinski definition) is 2. The summed E-state index contributed by atoms with van der Waals surface area (Å²) >= 11 is 0. The lowest BCUT2D eigenvalue weighted by Crippen LogP contribution is -2.29. The Morgan fingerprint density at radius 1 is 1.25 bits per heavy atom. The highest BCUT2D eigenvalue weighted by Gasteiger charge is 2.22. The molecule has 0 bridgehead atoms. The number of aromatic nitrogens is 1. The molecule has 0 unspecified atom stereocenters. The molecule has 0 atom stereocenters. The van der Waals surface area contributed by atoms with Crippen molar-refractivity contribution in [2.75, 3.05) is 6.54 Å². The highest BCUT2D eigenvalue weighted by Crippen LogP contribution is 2.18. The van der Waals surface area contributed by atoms with E-state index in [1.165, 1.54) is 10.9 Å². The van der Waals surface area contributed by atoms with Crippen molar-refractivity contribution >= 4 is 16.8 Å². The Balaban J connectivity index is 1.50. The van der Waals surface area contributed by atoms with Crippen LogP contribution in [-0.4, -0.2) is 23.5 Å². The molecule has 1 fully saturated rings. The molecule has 20 heavy (non-hydrogen) atoms. The summed E-state index contributed by atoms with van der Waals surface area (Å²) in [5.41, 5.74) is 2.23. The summed E-state index contributed by atoms with van der Waals surface area (Å²) in [5.74, 6) is 0.152. The Morgan fingerprint density at radius 2 is 2.10 bits per heavy atom. The van der Waals surface area contributed by atoms with Gasteiger partial charge in [-0.05, 0) is 30.5 Å². The molecule has 104 valence electrons. The van der Waals surface area contributed by atoms with E-state index in [0.29, 0.717) is 19.0 Å². The Morgan fingerprint density at radius 3 is 2.95 bits per heavy atom. The van der Waals surface area contributed by atoms with Crippen molar-refractivity contribution in [2.24, 2.45) is 0 Å². The van der Waals surface area contributed by atoms with Crippen molar-refractivity contribution in [2.45, 2.75) is 31.8 Å². The SMILES string of the molecule is O=C(CCNCc1ccnc2ccccc12)NC1CC1. The molecule has 1 aliphatic carbocycles. The molecule has 1 aromatic heterocycles. The van der Waals surface area contributed by atoms with Gasteiger partial charge in [0.15, 0.2) is 0 Å². The van der Waals surface area contributed by atoms with E-state index in [1.54, 1.807) is 0 Å². The van der Waals surface area contributed by atoms with Gasteiger partial charge in [-0.3, -0.25) is 9.78 Å². The average Bonchev–Trinajstić information content (AvgIpc) is 3.27. The largest absolute Gasteiger partial charge is 0.353 e. The van der Waals surface area contributed by atoms with Gasteiger partial charge in [-0.15, -0.1) is 0 Å². The van der Waals surface area contributed by atoms with Crippen LogP contribution in [0.4, 0.5) is 0 Å². The summed E-state index contributed by atoms with van der Waals surface area (Å²) in [7, 11) is 0. The molecule has 0 radical (unpaired) electrons.